The predicted molar refractivity (Wildman–Crippen MR) is 130 cm³/mol. The molecule has 1 aliphatic rings. The molecule has 1 atom stereocenters. The topological polar surface area (TPSA) is 93.8 Å². The first kappa shape index (κ1) is 26.0. The summed E-state index contributed by atoms with van der Waals surface area (Å²) in [6, 6.07) is 9.57. The monoisotopic (exact) mass is 532 g/mol. The second kappa shape index (κ2) is 10.7. The van der Waals surface area contributed by atoms with Crippen molar-refractivity contribution in [1.29, 1.82) is 5.26 Å². The highest BCUT2D eigenvalue weighted by molar-refractivity contribution is 9.10. The van der Waals surface area contributed by atoms with E-state index in [1.54, 1.807) is 11.0 Å². The first-order chi connectivity index (χ1) is 16.0. The number of aromatic hydroxyl groups is 1. The second-order valence-corrected chi connectivity index (χ2v) is 10.6. The molecule has 2 aromatic carbocycles. The molecule has 2 N–H and O–H groups in total. The minimum atomic E-state index is -1.06. The zero-order valence-electron chi connectivity index (χ0n) is 19.6. The normalized spacial score (nSPS) is 15.6. The number of rotatable bonds is 5. The van der Waals surface area contributed by atoms with Crippen LogP contribution in [0.1, 0.15) is 74.3 Å². The van der Waals surface area contributed by atoms with E-state index in [0.29, 0.717) is 37.9 Å². The van der Waals surface area contributed by atoms with Crippen molar-refractivity contribution in [1.82, 2.24) is 4.90 Å². The quantitative estimate of drug-likeness (QED) is 0.496. The van der Waals surface area contributed by atoms with E-state index in [1.807, 2.05) is 32.9 Å². The number of likely N-dealkylation sites (tertiary alicyclic amines) is 1. The van der Waals surface area contributed by atoms with Gasteiger partial charge in [-0.2, -0.15) is 5.26 Å². The van der Waals surface area contributed by atoms with Crippen LogP contribution in [0, 0.1) is 17.1 Å². The Hall–Kier alpha value is -2.63. The number of ether oxygens (including phenoxy) is 1. The summed E-state index contributed by atoms with van der Waals surface area (Å²) in [4.78, 5) is 14.0. The summed E-state index contributed by atoms with van der Waals surface area (Å²) in [6.07, 6.45) is 0.559. The van der Waals surface area contributed by atoms with E-state index in [9.17, 15) is 19.4 Å². The number of benzene rings is 2. The zero-order valence-corrected chi connectivity index (χ0v) is 21.2. The molecule has 1 saturated heterocycles. The van der Waals surface area contributed by atoms with Crippen LogP contribution >= 0.6 is 15.9 Å². The SMILES string of the molecule is CC(C)(C)OC(=O)N1CCC(c2cc(Br)cc(CCC(O)c3ccc(C#N)cc3F)c2O)CC1. The fourth-order valence-corrected chi connectivity index (χ4v) is 4.72. The lowest BCUT2D eigenvalue weighted by Gasteiger charge is -2.34. The number of hydrogen-bond donors (Lipinski definition) is 2. The van der Waals surface area contributed by atoms with Gasteiger partial charge in [0.15, 0.2) is 0 Å². The molecule has 0 aliphatic carbocycles. The van der Waals surface area contributed by atoms with Crippen LogP contribution in [0.3, 0.4) is 0 Å². The lowest BCUT2D eigenvalue weighted by Crippen LogP contribution is -2.41. The van der Waals surface area contributed by atoms with Gasteiger partial charge in [0.1, 0.15) is 17.2 Å². The van der Waals surface area contributed by atoms with E-state index in [0.717, 1.165) is 16.1 Å². The number of aliphatic hydroxyl groups is 1. The molecule has 0 aromatic heterocycles. The van der Waals surface area contributed by atoms with Crippen molar-refractivity contribution < 1.29 is 24.1 Å². The van der Waals surface area contributed by atoms with Crippen LogP contribution in [0.4, 0.5) is 9.18 Å². The molecule has 2 aromatic rings. The average molecular weight is 533 g/mol. The first-order valence-electron chi connectivity index (χ1n) is 11.4. The average Bonchev–Trinajstić information content (AvgIpc) is 2.78. The predicted octanol–water partition coefficient (Wildman–Crippen LogP) is 5.95. The van der Waals surface area contributed by atoms with Gasteiger partial charge >= 0.3 is 6.09 Å². The molecule has 34 heavy (non-hydrogen) atoms. The second-order valence-electron chi connectivity index (χ2n) is 9.65. The summed E-state index contributed by atoms with van der Waals surface area (Å²) in [7, 11) is 0. The number of halogens is 2. The highest BCUT2D eigenvalue weighted by Gasteiger charge is 2.29. The van der Waals surface area contributed by atoms with Crippen molar-refractivity contribution in [2.75, 3.05) is 13.1 Å². The Bertz CT molecular complexity index is 1090. The molecule has 0 saturated carbocycles. The molecular weight excluding hydrogens is 503 g/mol. The smallest absolute Gasteiger partial charge is 0.410 e. The van der Waals surface area contributed by atoms with Gasteiger partial charge in [0.05, 0.1) is 17.7 Å². The zero-order chi connectivity index (χ0) is 25.0. The number of aryl methyl sites for hydroxylation is 1. The Morgan fingerprint density at radius 2 is 1.97 bits per heavy atom. The number of nitrogens with zero attached hydrogens (tertiary/aromatic N) is 2. The van der Waals surface area contributed by atoms with Crippen LogP contribution in [-0.4, -0.2) is 39.9 Å². The van der Waals surface area contributed by atoms with Gasteiger partial charge < -0.3 is 19.8 Å². The maximum Gasteiger partial charge on any atom is 0.410 e. The summed E-state index contributed by atoms with van der Waals surface area (Å²) < 4.78 is 20.5. The van der Waals surface area contributed by atoms with Crippen LogP contribution in [0.2, 0.25) is 0 Å². The number of phenolic OH excluding ortho intramolecular Hbond substituents is 1. The van der Waals surface area contributed by atoms with Crippen LogP contribution in [0.25, 0.3) is 0 Å². The van der Waals surface area contributed by atoms with Gasteiger partial charge in [0, 0.05) is 23.1 Å². The molecule has 1 fully saturated rings. The van der Waals surface area contributed by atoms with Crippen LogP contribution in [0.5, 0.6) is 5.75 Å². The number of piperidine rings is 1. The number of aliphatic hydroxyl groups excluding tert-OH is 1. The summed E-state index contributed by atoms with van der Waals surface area (Å²) >= 11 is 3.51. The van der Waals surface area contributed by atoms with Crippen molar-refractivity contribution in [2.24, 2.45) is 0 Å². The maximum absolute atomic E-state index is 14.2. The molecule has 1 unspecified atom stereocenters. The van der Waals surface area contributed by atoms with Gasteiger partial charge in [-0.3, -0.25) is 0 Å². The maximum atomic E-state index is 14.2. The van der Waals surface area contributed by atoms with E-state index in [1.165, 1.54) is 12.1 Å². The lowest BCUT2D eigenvalue weighted by atomic mass is 9.87. The molecular formula is C26H30BrFN2O4. The van der Waals surface area contributed by atoms with Crippen molar-refractivity contribution in [3.63, 3.8) is 0 Å². The third kappa shape index (κ3) is 6.49. The van der Waals surface area contributed by atoms with E-state index < -0.39 is 17.5 Å². The minimum Gasteiger partial charge on any atom is -0.507 e. The Labute approximate surface area is 208 Å². The third-order valence-corrected chi connectivity index (χ3v) is 6.40. The largest absolute Gasteiger partial charge is 0.507 e. The molecule has 182 valence electrons. The summed E-state index contributed by atoms with van der Waals surface area (Å²) in [5.74, 6) is -0.371. The Balaban J connectivity index is 1.67. The van der Waals surface area contributed by atoms with Crippen molar-refractivity contribution in [3.05, 3.63) is 62.9 Å². The van der Waals surface area contributed by atoms with Gasteiger partial charge in [-0.25, -0.2) is 9.18 Å². The molecule has 0 radical (unpaired) electrons. The Morgan fingerprint density at radius 3 is 2.56 bits per heavy atom. The first-order valence-corrected chi connectivity index (χ1v) is 12.1. The molecule has 0 bridgehead atoms. The molecule has 8 heteroatoms. The molecule has 0 spiro atoms. The number of carbonyl (C=O) groups is 1. The van der Waals surface area contributed by atoms with E-state index in [-0.39, 0.29) is 35.3 Å². The van der Waals surface area contributed by atoms with Gasteiger partial charge in [0.2, 0.25) is 0 Å². The van der Waals surface area contributed by atoms with Crippen LogP contribution in [0.15, 0.2) is 34.8 Å². The van der Waals surface area contributed by atoms with E-state index >= 15 is 0 Å². The van der Waals surface area contributed by atoms with Crippen molar-refractivity contribution >= 4 is 22.0 Å². The lowest BCUT2D eigenvalue weighted by molar-refractivity contribution is 0.0204. The van der Waals surface area contributed by atoms with Gasteiger partial charge in [-0.15, -0.1) is 0 Å². The molecule has 1 amide bonds. The van der Waals surface area contributed by atoms with Gasteiger partial charge in [-0.05, 0) is 87.8 Å². The fourth-order valence-electron chi connectivity index (χ4n) is 4.19. The standard InChI is InChI=1S/C26H30BrFN2O4/c1-26(2,3)34-25(33)30-10-8-17(9-11-30)21-14-19(27)13-18(24(21)32)5-7-23(31)20-6-4-16(15-29)12-22(20)28/h4,6,12-14,17,23,31-32H,5,7-11H2,1-3H3. The summed E-state index contributed by atoms with van der Waals surface area (Å²) in [5, 5.41) is 30.4. The number of carbonyl (C=O) groups excluding carboxylic acids is 1. The van der Waals surface area contributed by atoms with E-state index in [4.69, 9.17) is 10.00 Å². The number of hydrogen-bond acceptors (Lipinski definition) is 5. The number of nitriles is 1. The van der Waals surface area contributed by atoms with Crippen molar-refractivity contribution in [2.45, 2.75) is 64.1 Å². The molecule has 1 heterocycles. The summed E-state index contributed by atoms with van der Waals surface area (Å²) in [5.41, 5.74) is 1.24. The van der Waals surface area contributed by atoms with Gasteiger partial charge in [-0.1, -0.05) is 22.0 Å². The Kier molecular flexibility index (Phi) is 8.21. The third-order valence-electron chi connectivity index (χ3n) is 5.95. The minimum absolute atomic E-state index is 0.0795. The molecule has 3 rings (SSSR count). The fraction of sp³-hybridized carbons (Fsp3) is 0.462. The van der Waals surface area contributed by atoms with Crippen molar-refractivity contribution in [3.8, 4) is 11.8 Å². The van der Waals surface area contributed by atoms with Crippen LogP contribution in [-0.2, 0) is 11.2 Å². The van der Waals surface area contributed by atoms with Gasteiger partial charge in [0.25, 0.3) is 0 Å². The molecule has 1 aliphatic heterocycles. The Morgan fingerprint density at radius 1 is 1.29 bits per heavy atom. The highest BCUT2D eigenvalue weighted by Crippen LogP contribution is 2.39. The summed E-state index contributed by atoms with van der Waals surface area (Å²) in [6.45, 7) is 6.59. The number of phenols is 1. The van der Waals surface area contributed by atoms with Crippen LogP contribution < -0.4 is 0 Å². The molecule has 6 nitrogen and oxygen atoms in total. The highest BCUT2D eigenvalue weighted by atomic mass is 79.9. The number of amides is 1. The van der Waals surface area contributed by atoms with E-state index in [2.05, 4.69) is 15.9 Å².